The van der Waals surface area contributed by atoms with E-state index in [-0.39, 0.29) is 6.03 Å². The lowest BCUT2D eigenvalue weighted by atomic mass is 10.2. The van der Waals surface area contributed by atoms with E-state index in [4.69, 9.17) is 0 Å². The molecule has 4 rings (SSSR count). The van der Waals surface area contributed by atoms with E-state index < -0.39 is 10.0 Å². The number of carbonyl (C=O) groups is 1. The van der Waals surface area contributed by atoms with Gasteiger partial charge in [-0.05, 0) is 49.6 Å². The van der Waals surface area contributed by atoms with Crippen LogP contribution in [0, 0.1) is 6.92 Å². The number of hydrogen-bond acceptors (Lipinski definition) is 3. The maximum Gasteiger partial charge on any atom is 0.326 e. The Morgan fingerprint density at radius 2 is 1.69 bits per heavy atom. The van der Waals surface area contributed by atoms with Gasteiger partial charge < -0.3 is 5.32 Å². The van der Waals surface area contributed by atoms with E-state index >= 15 is 0 Å². The van der Waals surface area contributed by atoms with Gasteiger partial charge in [0.25, 0.3) is 0 Å². The molecule has 7 heteroatoms. The molecule has 1 aromatic heterocycles. The number of sulfonamides is 1. The van der Waals surface area contributed by atoms with Gasteiger partial charge in [-0.25, -0.2) is 13.2 Å². The molecule has 0 radical (unpaired) electrons. The lowest BCUT2D eigenvalue weighted by Crippen LogP contribution is -2.35. The first-order valence-electron chi connectivity index (χ1n) is 9.91. The summed E-state index contributed by atoms with van der Waals surface area (Å²) in [4.78, 5) is 13.0. The smallest absolute Gasteiger partial charge is 0.326 e. The molecule has 1 aliphatic heterocycles. The van der Waals surface area contributed by atoms with Gasteiger partial charge in [-0.2, -0.15) is 4.31 Å². The Hall–Kier alpha value is -2.64. The van der Waals surface area contributed by atoms with Crippen LogP contribution in [0.1, 0.15) is 30.5 Å². The van der Waals surface area contributed by atoms with E-state index in [2.05, 4.69) is 5.32 Å². The van der Waals surface area contributed by atoms with Crippen LogP contribution in [0.3, 0.4) is 0 Å². The van der Waals surface area contributed by atoms with Crippen LogP contribution in [0.4, 0.5) is 4.79 Å². The van der Waals surface area contributed by atoms with Gasteiger partial charge >= 0.3 is 6.03 Å². The van der Waals surface area contributed by atoms with Crippen molar-refractivity contribution in [3.63, 3.8) is 0 Å². The van der Waals surface area contributed by atoms with Gasteiger partial charge in [-0.15, -0.1) is 0 Å². The average molecular weight is 412 g/mol. The van der Waals surface area contributed by atoms with Crippen molar-refractivity contribution in [1.82, 2.24) is 14.2 Å². The van der Waals surface area contributed by atoms with Crippen LogP contribution in [0.25, 0.3) is 10.9 Å². The van der Waals surface area contributed by atoms with Crippen molar-refractivity contribution in [2.45, 2.75) is 37.6 Å². The zero-order chi connectivity index (χ0) is 20.4. The summed E-state index contributed by atoms with van der Waals surface area (Å²) in [6, 6.07) is 16.3. The van der Waals surface area contributed by atoms with Crippen molar-refractivity contribution in [1.29, 1.82) is 0 Å². The standard InChI is InChI=1S/C22H25N3O3S/c1-17-15-19-7-3-4-8-21(19)25(17)22(26)23-16-18-9-11-20(12-10-18)29(27,28)24-13-5-2-6-14-24/h3-4,7-12,15H,2,5-6,13-14,16H2,1H3,(H,23,26). The summed E-state index contributed by atoms with van der Waals surface area (Å²) in [5, 5.41) is 3.94. The normalized spacial score (nSPS) is 15.5. The zero-order valence-corrected chi connectivity index (χ0v) is 17.3. The SMILES string of the molecule is Cc1cc2ccccc2n1C(=O)NCc1ccc(S(=O)(=O)N2CCCCC2)cc1. The molecular weight excluding hydrogens is 386 g/mol. The Kier molecular flexibility index (Phi) is 5.43. The van der Waals surface area contributed by atoms with Gasteiger partial charge in [-0.3, -0.25) is 4.57 Å². The molecule has 6 nitrogen and oxygen atoms in total. The van der Waals surface area contributed by atoms with Crippen molar-refractivity contribution < 1.29 is 13.2 Å². The molecule has 152 valence electrons. The summed E-state index contributed by atoms with van der Waals surface area (Å²) >= 11 is 0. The van der Waals surface area contributed by atoms with Crippen LogP contribution in [0.15, 0.2) is 59.5 Å². The third-order valence-corrected chi connectivity index (χ3v) is 7.33. The lowest BCUT2D eigenvalue weighted by molar-refractivity contribution is 0.242. The first-order chi connectivity index (χ1) is 14.0. The van der Waals surface area contributed by atoms with Crippen LogP contribution in [0.2, 0.25) is 0 Å². The summed E-state index contributed by atoms with van der Waals surface area (Å²) in [6.45, 7) is 3.41. The maximum atomic E-state index is 12.7. The largest absolute Gasteiger partial charge is 0.333 e. The van der Waals surface area contributed by atoms with E-state index in [0.29, 0.717) is 24.5 Å². The number of para-hydroxylation sites is 1. The Bertz CT molecular complexity index is 1130. The Morgan fingerprint density at radius 3 is 2.41 bits per heavy atom. The minimum absolute atomic E-state index is 0.200. The molecule has 0 atom stereocenters. The predicted molar refractivity (Wildman–Crippen MR) is 113 cm³/mol. The van der Waals surface area contributed by atoms with Crippen LogP contribution < -0.4 is 5.32 Å². The highest BCUT2D eigenvalue weighted by Gasteiger charge is 2.25. The number of carbonyl (C=O) groups excluding carboxylic acids is 1. The molecule has 0 unspecified atom stereocenters. The van der Waals surface area contributed by atoms with Crippen LogP contribution in [-0.2, 0) is 16.6 Å². The van der Waals surface area contributed by atoms with Crippen molar-refractivity contribution in [3.8, 4) is 0 Å². The highest BCUT2D eigenvalue weighted by molar-refractivity contribution is 7.89. The van der Waals surface area contributed by atoms with Gasteiger partial charge in [0.05, 0.1) is 10.4 Å². The van der Waals surface area contributed by atoms with Crippen LogP contribution in [0.5, 0.6) is 0 Å². The van der Waals surface area contributed by atoms with Gasteiger partial charge in [0.1, 0.15) is 0 Å². The number of amides is 1. The fourth-order valence-electron chi connectivity index (χ4n) is 3.85. The van der Waals surface area contributed by atoms with Crippen molar-refractivity contribution in [3.05, 3.63) is 65.9 Å². The third-order valence-electron chi connectivity index (χ3n) is 5.42. The first kappa shape index (κ1) is 19.7. The molecule has 1 N–H and O–H groups in total. The van der Waals surface area contributed by atoms with Gasteiger partial charge in [-0.1, -0.05) is 36.8 Å². The Morgan fingerprint density at radius 1 is 1.00 bits per heavy atom. The minimum Gasteiger partial charge on any atom is -0.333 e. The summed E-state index contributed by atoms with van der Waals surface area (Å²) in [6.07, 6.45) is 2.91. The number of hydrogen-bond donors (Lipinski definition) is 1. The van der Waals surface area contributed by atoms with Crippen LogP contribution >= 0.6 is 0 Å². The number of rotatable bonds is 4. The fraction of sp³-hybridized carbons (Fsp3) is 0.318. The monoisotopic (exact) mass is 411 g/mol. The topological polar surface area (TPSA) is 71.4 Å². The van der Waals surface area contributed by atoms with E-state index in [1.54, 1.807) is 33.1 Å². The van der Waals surface area contributed by atoms with Crippen molar-refractivity contribution in [2.75, 3.05) is 13.1 Å². The molecule has 2 heterocycles. The minimum atomic E-state index is -3.43. The molecule has 0 spiro atoms. The molecule has 3 aromatic rings. The van der Waals surface area contributed by atoms with E-state index in [1.165, 1.54) is 0 Å². The summed E-state index contributed by atoms with van der Waals surface area (Å²) in [7, 11) is -3.43. The molecular formula is C22H25N3O3S. The summed E-state index contributed by atoms with van der Waals surface area (Å²) in [5.41, 5.74) is 2.59. The van der Waals surface area contributed by atoms with Gasteiger partial charge in [0, 0.05) is 30.7 Å². The number of piperidine rings is 1. The summed E-state index contributed by atoms with van der Waals surface area (Å²) < 4.78 is 28.7. The maximum absolute atomic E-state index is 12.7. The van der Waals surface area contributed by atoms with Crippen molar-refractivity contribution >= 4 is 27.0 Å². The van der Waals surface area contributed by atoms with E-state index in [1.807, 2.05) is 37.3 Å². The second-order valence-corrected chi connectivity index (χ2v) is 9.39. The number of aromatic nitrogens is 1. The lowest BCUT2D eigenvalue weighted by Gasteiger charge is -2.25. The average Bonchev–Trinajstić information content (AvgIpc) is 3.08. The quantitative estimate of drug-likeness (QED) is 0.708. The molecule has 0 bridgehead atoms. The number of aryl methyl sites for hydroxylation is 1. The molecule has 0 aliphatic carbocycles. The highest BCUT2D eigenvalue weighted by Crippen LogP contribution is 2.21. The molecule has 1 amide bonds. The number of nitrogens with zero attached hydrogens (tertiary/aromatic N) is 2. The molecule has 29 heavy (non-hydrogen) atoms. The second kappa shape index (κ2) is 8.00. The number of fused-ring (bicyclic) bond motifs is 1. The highest BCUT2D eigenvalue weighted by atomic mass is 32.2. The second-order valence-electron chi connectivity index (χ2n) is 7.45. The molecule has 0 saturated carbocycles. The predicted octanol–water partition coefficient (Wildman–Crippen LogP) is 3.88. The third kappa shape index (κ3) is 3.93. The first-order valence-corrected chi connectivity index (χ1v) is 11.4. The fourth-order valence-corrected chi connectivity index (χ4v) is 5.37. The van der Waals surface area contributed by atoms with Crippen molar-refractivity contribution in [2.24, 2.45) is 0 Å². The molecule has 2 aromatic carbocycles. The van der Waals surface area contributed by atoms with E-state index in [9.17, 15) is 13.2 Å². The van der Waals surface area contributed by atoms with Gasteiger partial charge in [0.2, 0.25) is 10.0 Å². The number of nitrogens with one attached hydrogen (secondary N) is 1. The molecule has 1 saturated heterocycles. The van der Waals surface area contributed by atoms with Crippen LogP contribution in [-0.4, -0.2) is 36.4 Å². The zero-order valence-electron chi connectivity index (χ0n) is 16.5. The Labute approximate surface area is 171 Å². The van der Waals surface area contributed by atoms with Gasteiger partial charge in [0.15, 0.2) is 0 Å². The number of benzene rings is 2. The molecule has 1 fully saturated rings. The molecule has 1 aliphatic rings. The summed E-state index contributed by atoms with van der Waals surface area (Å²) in [5.74, 6) is 0. The Balaban J connectivity index is 1.45. The van der Waals surface area contributed by atoms with E-state index in [0.717, 1.165) is 41.4 Å².